The average Bonchev–Trinajstić information content (AvgIpc) is 3.02. The van der Waals surface area contributed by atoms with Crippen LogP contribution in [-0.2, 0) is 14.3 Å². The number of fused-ring (bicyclic) bond motifs is 2. The first-order valence-electron chi connectivity index (χ1n) is 7.42. The third kappa shape index (κ3) is 3.30. The zero-order chi connectivity index (χ0) is 14.5. The number of hydrogen-bond acceptors (Lipinski definition) is 4. The Hall–Kier alpha value is -1.14. The van der Waals surface area contributed by atoms with Crippen LogP contribution in [-0.4, -0.2) is 47.4 Å². The molecule has 0 aromatic heterocycles. The minimum atomic E-state index is -0.930. The number of hydrogen-bond donors (Lipinski definition) is 3. The second-order valence-corrected chi connectivity index (χ2v) is 5.61. The van der Waals surface area contributed by atoms with Crippen LogP contribution in [0, 0.1) is 11.8 Å². The minimum absolute atomic E-state index is 0.188. The first-order valence-corrected chi connectivity index (χ1v) is 7.42. The van der Waals surface area contributed by atoms with Gasteiger partial charge in [0.25, 0.3) is 0 Å². The highest BCUT2D eigenvalue weighted by Gasteiger charge is 2.55. The molecule has 0 spiro atoms. The largest absolute Gasteiger partial charge is 0.481 e. The van der Waals surface area contributed by atoms with Crippen molar-refractivity contribution in [2.45, 2.75) is 50.7 Å². The SMILES string of the molecule is O=C(O)C1C2CCC(O2)C1C(=O)NCCCCCCO. The first-order chi connectivity index (χ1) is 9.65. The maximum absolute atomic E-state index is 12.1. The molecule has 2 bridgehead atoms. The van der Waals surface area contributed by atoms with Gasteiger partial charge in [-0.15, -0.1) is 0 Å². The molecule has 4 unspecified atom stereocenters. The normalized spacial score (nSPS) is 31.4. The van der Waals surface area contributed by atoms with Crippen LogP contribution in [0.2, 0.25) is 0 Å². The van der Waals surface area contributed by atoms with Crippen molar-refractivity contribution >= 4 is 11.9 Å². The highest BCUT2D eigenvalue weighted by Crippen LogP contribution is 2.43. The van der Waals surface area contributed by atoms with Gasteiger partial charge in [0, 0.05) is 13.2 Å². The van der Waals surface area contributed by atoms with Crippen molar-refractivity contribution in [1.82, 2.24) is 5.32 Å². The summed E-state index contributed by atoms with van der Waals surface area (Å²) in [4.78, 5) is 23.4. The summed E-state index contributed by atoms with van der Waals surface area (Å²) in [5, 5.41) is 20.7. The summed E-state index contributed by atoms with van der Waals surface area (Å²) in [6.07, 6.45) is 4.54. The van der Waals surface area contributed by atoms with E-state index in [1.807, 2.05) is 0 Å². The maximum Gasteiger partial charge on any atom is 0.310 e. The lowest BCUT2D eigenvalue weighted by molar-refractivity contribution is -0.147. The summed E-state index contributed by atoms with van der Waals surface area (Å²) in [7, 11) is 0. The van der Waals surface area contributed by atoms with Gasteiger partial charge in [0.1, 0.15) is 0 Å². The molecular weight excluding hydrogens is 262 g/mol. The molecule has 2 aliphatic rings. The molecule has 2 aliphatic heterocycles. The fourth-order valence-corrected chi connectivity index (χ4v) is 3.24. The summed E-state index contributed by atoms with van der Waals surface area (Å²) < 4.78 is 5.57. The summed E-state index contributed by atoms with van der Waals surface area (Å²) >= 11 is 0. The second-order valence-electron chi connectivity index (χ2n) is 5.61. The number of unbranched alkanes of at least 4 members (excludes halogenated alkanes) is 3. The topological polar surface area (TPSA) is 95.9 Å². The summed E-state index contributed by atoms with van der Waals surface area (Å²) in [5.41, 5.74) is 0. The van der Waals surface area contributed by atoms with E-state index in [0.717, 1.165) is 38.5 Å². The molecule has 3 N–H and O–H groups in total. The maximum atomic E-state index is 12.1. The number of carboxylic acid groups (broad SMARTS) is 1. The number of aliphatic carboxylic acids is 1. The van der Waals surface area contributed by atoms with Gasteiger partial charge in [0.2, 0.25) is 5.91 Å². The fourth-order valence-electron chi connectivity index (χ4n) is 3.24. The van der Waals surface area contributed by atoms with Gasteiger partial charge >= 0.3 is 5.97 Å². The summed E-state index contributed by atoms with van der Waals surface area (Å²) in [5.74, 6) is -2.35. The molecule has 114 valence electrons. The highest BCUT2D eigenvalue weighted by molar-refractivity contribution is 5.86. The molecule has 1 amide bonds. The number of amides is 1. The Morgan fingerprint density at radius 1 is 1.05 bits per heavy atom. The summed E-state index contributed by atoms with van der Waals surface area (Å²) in [6, 6.07) is 0. The third-order valence-corrected chi connectivity index (χ3v) is 4.25. The molecule has 0 radical (unpaired) electrons. The van der Waals surface area contributed by atoms with Crippen molar-refractivity contribution in [2.75, 3.05) is 13.2 Å². The number of carboxylic acids is 1. The monoisotopic (exact) mass is 285 g/mol. The van der Waals surface area contributed by atoms with Crippen molar-refractivity contribution in [3.05, 3.63) is 0 Å². The molecule has 2 saturated heterocycles. The molecule has 0 aliphatic carbocycles. The van der Waals surface area contributed by atoms with Crippen LogP contribution in [0.3, 0.4) is 0 Å². The lowest BCUT2D eigenvalue weighted by atomic mass is 9.78. The van der Waals surface area contributed by atoms with E-state index in [1.165, 1.54) is 0 Å². The van der Waals surface area contributed by atoms with E-state index in [4.69, 9.17) is 9.84 Å². The van der Waals surface area contributed by atoms with Crippen molar-refractivity contribution < 1.29 is 24.5 Å². The van der Waals surface area contributed by atoms with Gasteiger partial charge in [-0.25, -0.2) is 0 Å². The first kappa shape index (κ1) is 15.3. The average molecular weight is 285 g/mol. The van der Waals surface area contributed by atoms with Crippen LogP contribution in [0.15, 0.2) is 0 Å². The van der Waals surface area contributed by atoms with Gasteiger partial charge in [-0.05, 0) is 25.7 Å². The summed E-state index contributed by atoms with van der Waals surface area (Å²) in [6.45, 7) is 0.764. The van der Waals surface area contributed by atoms with Gasteiger partial charge in [0.15, 0.2) is 0 Å². The molecule has 0 aromatic rings. The zero-order valence-electron chi connectivity index (χ0n) is 11.6. The van der Waals surface area contributed by atoms with E-state index in [0.29, 0.717) is 6.54 Å². The predicted molar refractivity (Wildman–Crippen MR) is 71.1 cm³/mol. The number of carbonyl (C=O) groups is 2. The van der Waals surface area contributed by atoms with E-state index >= 15 is 0 Å². The molecule has 4 atom stereocenters. The molecule has 2 heterocycles. The second kappa shape index (κ2) is 7.04. The molecule has 2 fully saturated rings. The van der Waals surface area contributed by atoms with Crippen molar-refractivity contribution in [3.63, 3.8) is 0 Å². The molecule has 6 nitrogen and oxygen atoms in total. The van der Waals surface area contributed by atoms with Crippen molar-refractivity contribution in [3.8, 4) is 0 Å². The molecule has 6 heteroatoms. The number of rotatable bonds is 8. The van der Waals surface area contributed by atoms with E-state index in [1.54, 1.807) is 0 Å². The number of carbonyl (C=O) groups excluding carboxylic acids is 1. The van der Waals surface area contributed by atoms with Crippen molar-refractivity contribution in [2.24, 2.45) is 11.8 Å². The molecule has 2 rings (SSSR count). The smallest absolute Gasteiger partial charge is 0.310 e. The Balaban J connectivity index is 1.75. The Bertz CT molecular complexity index is 359. The number of nitrogens with one attached hydrogen (secondary N) is 1. The molecule has 0 saturated carbocycles. The van der Waals surface area contributed by atoms with Crippen LogP contribution >= 0.6 is 0 Å². The number of ether oxygens (including phenoxy) is 1. The number of aliphatic hydroxyl groups is 1. The van der Waals surface area contributed by atoms with Crippen LogP contribution in [0.1, 0.15) is 38.5 Å². The van der Waals surface area contributed by atoms with Crippen molar-refractivity contribution in [1.29, 1.82) is 0 Å². The molecule has 0 aromatic carbocycles. The molecule has 20 heavy (non-hydrogen) atoms. The highest BCUT2D eigenvalue weighted by atomic mass is 16.5. The minimum Gasteiger partial charge on any atom is -0.481 e. The lowest BCUT2D eigenvalue weighted by Crippen LogP contribution is -2.44. The van der Waals surface area contributed by atoms with Gasteiger partial charge in [0.05, 0.1) is 24.0 Å². The van der Waals surface area contributed by atoms with Gasteiger partial charge in [-0.2, -0.15) is 0 Å². The predicted octanol–water partition coefficient (Wildman–Crippen LogP) is 0.533. The standard InChI is InChI=1S/C14H23NO5/c16-8-4-2-1-3-7-15-13(17)11-9-5-6-10(20-9)12(11)14(18)19/h9-12,16H,1-8H2,(H,15,17)(H,18,19). The zero-order valence-corrected chi connectivity index (χ0v) is 11.6. The Morgan fingerprint density at radius 2 is 1.70 bits per heavy atom. The van der Waals surface area contributed by atoms with Crippen LogP contribution in [0.25, 0.3) is 0 Å². The van der Waals surface area contributed by atoms with E-state index < -0.39 is 17.8 Å². The quantitative estimate of drug-likeness (QED) is 0.565. The molecular formula is C14H23NO5. The fraction of sp³-hybridized carbons (Fsp3) is 0.857. The lowest BCUT2D eigenvalue weighted by Gasteiger charge is -2.23. The Kier molecular flexibility index (Phi) is 5.37. The third-order valence-electron chi connectivity index (χ3n) is 4.25. The van der Waals surface area contributed by atoms with Gasteiger partial charge < -0.3 is 20.3 Å². The Labute approximate surface area is 118 Å². The van der Waals surface area contributed by atoms with E-state index in [-0.39, 0.29) is 24.7 Å². The van der Waals surface area contributed by atoms with Crippen LogP contribution < -0.4 is 5.32 Å². The van der Waals surface area contributed by atoms with Crippen LogP contribution in [0.4, 0.5) is 0 Å². The van der Waals surface area contributed by atoms with Gasteiger partial charge in [-0.3, -0.25) is 9.59 Å². The Morgan fingerprint density at radius 3 is 2.35 bits per heavy atom. The van der Waals surface area contributed by atoms with E-state index in [9.17, 15) is 14.7 Å². The number of aliphatic hydroxyl groups excluding tert-OH is 1. The van der Waals surface area contributed by atoms with Gasteiger partial charge in [-0.1, -0.05) is 12.8 Å². The van der Waals surface area contributed by atoms with Crippen LogP contribution in [0.5, 0.6) is 0 Å². The van der Waals surface area contributed by atoms with E-state index in [2.05, 4.69) is 5.32 Å².